The average molecular weight is 400 g/mol. The molecule has 0 radical (unpaired) electrons. The molecule has 0 spiro atoms. The number of aromatic nitrogens is 2. The molecule has 1 N–H and O–H groups in total. The fourth-order valence-electron chi connectivity index (χ4n) is 2.57. The standard InChI is InChI=1S/C21H21FN2O5/c1-3-27-21(26)11-19(25)13(2)28-15-5-7-16(8-6-15)29-20-12-23-18-10-14(22)4-9-17(18)24-20/h4-10,12-13,19,25H,3,11H2,1-2H3. The average Bonchev–Trinajstić information content (AvgIpc) is 2.69. The Morgan fingerprint density at radius 2 is 1.86 bits per heavy atom. The molecule has 0 saturated heterocycles. The second kappa shape index (κ2) is 9.29. The van der Waals surface area contributed by atoms with E-state index < -0.39 is 18.2 Å². The number of nitrogens with zero attached hydrogens (tertiary/aromatic N) is 2. The van der Waals surface area contributed by atoms with E-state index >= 15 is 0 Å². The van der Waals surface area contributed by atoms with Crippen LogP contribution >= 0.6 is 0 Å². The zero-order chi connectivity index (χ0) is 20.8. The Kier molecular flexibility index (Phi) is 6.56. The van der Waals surface area contributed by atoms with Gasteiger partial charge < -0.3 is 19.3 Å². The Morgan fingerprint density at radius 3 is 2.59 bits per heavy atom. The minimum atomic E-state index is -0.984. The van der Waals surface area contributed by atoms with Crippen molar-refractivity contribution in [1.29, 1.82) is 0 Å². The first kappa shape index (κ1) is 20.5. The molecule has 1 heterocycles. The molecule has 0 fully saturated rings. The molecule has 29 heavy (non-hydrogen) atoms. The number of aliphatic hydroxyl groups is 1. The molecule has 0 bridgehead atoms. The van der Waals surface area contributed by atoms with Crippen LogP contribution in [0.5, 0.6) is 17.4 Å². The van der Waals surface area contributed by atoms with Crippen LogP contribution in [0.15, 0.2) is 48.7 Å². The monoisotopic (exact) mass is 400 g/mol. The Balaban J connectivity index is 1.60. The summed E-state index contributed by atoms with van der Waals surface area (Å²) >= 11 is 0. The van der Waals surface area contributed by atoms with Gasteiger partial charge >= 0.3 is 5.97 Å². The lowest BCUT2D eigenvalue weighted by molar-refractivity contribution is -0.146. The van der Waals surface area contributed by atoms with Crippen molar-refractivity contribution in [1.82, 2.24) is 9.97 Å². The number of ether oxygens (including phenoxy) is 3. The number of hydrogen-bond donors (Lipinski definition) is 1. The molecule has 7 nitrogen and oxygen atoms in total. The van der Waals surface area contributed by atoms with E-state index in [1.807, 2.05) is 0 Å². The summed E-state index contributed by atoms with van der Waals surface area (Å²) in [6, 6.07) is 10.8. The third kappa shape index (κ3) is 5.61. The summed E-state index contributed by atoms with van der Waals surface area (Å²) in [6.07, 6.45) is -0.304. The lowest BCUT2D eigenvalue weighted by atomic mass is 10.1. The fourth-order valence-corrected chi connectivity index (χ4v) is 2.57. The molecule has 3 aromatic rings. The Labute approximate surface area is 167 Å². The third-order valence-electron chi connectivity index (χ3n) is 4.07. The van der Waals surface area contributed by atoms with Gasteiger partial charge in [-0.3, -0.25) is 4.79 Å². The minimum Gasteiger partial charge on any atom is -0.488 e. The van der Waals surface area contributed by atoms with Crippen LogP contribution < -0.4 is 9.47 Å². The number of carbonyl (C=O) groups excluding carboxylic acids is 1. The van der Waals surface area contributed by atoms with E-state index in [4.69, 9.17) is 14.2 Å². The van der Waals surface area contributed by atoms with Crippen LogP contribution in [0.2, 0.25) is 0 Å². The first-order valence-electron chi connectivity index (χ1n) is 9.15. The molecule has 152 valence electrons. The van der Waals surface area contributed by atoms with Crippen molar-refractivity contribution in [2.24, 2.45) is 0 Å². The normalized spacial score (nSPS) is 13.0. The van der Waals surface area contributed by atoms with Crippen molar-refractivity contribution in [3.63, 3.8) is 0 Å². The van der Waals surface area contributed by atoms with Gasteiger partial charge in [-0.05, 0) is 50.2 Å². The Morgan fingerprint density at radius 1 is 1.14 bits per heavy atom. The van der Waals surface area contributed by atoms with Crippen LogP contribution in [-0.4, -0.2) is 39.9 Å². The van der Waals surface area contributed by atoms with Crippen molar-refractivity contribution >= 4 is 17.0 Å². The first-order valence-corrected chi connectivity index (χ1v) is 9.15. The van der Waals surface area contributed by atoms with Gasteiger partial charge in [0.1, 0.15) is 29.5 Å². The van der Waals surface area contributed by atoms with Gasteiger partial charge in [0, 0.05) is 6.07 Å². The highest BCUT2D eigenvalue weighted by molar-refractivity contribution is 5.74. The van der Waals surface area contributed by atoms with Crippen LogP contribution in [0.4, 0.5) is 4.39 Å². The largest absolute Gasteiger partial charge is 0.488 e. The minimum absolute atomic E-state index is 0.138. The molecule has 2 atom stereocenters. The summed E-state index contributed by atoms with van der Waals surface area (Å²) < 4.78 is 29.3. The number of carbonyl (C=O) groups is 1. The number of rotatable bonds is 8. The quantitative estimate of drug-likeness (QED) is 0.577. The van der Waals surface area contributed by atoms with Crippen molar-refractivity contribution < 1.29 is 28.5 Å². The molecule has 0 aliphatic rings. The number of benzene rings is 2. The lowest BCUT2D eigenvalue weighted by Gasteiger charge is -2.20. The van der Waals surface area contributed by atoms with E-state index in [-0.39, 0.29) is 24.7 Å². The van der Waals surface area contributed by atoms with Gasteiger partial charge in [-0.1, -0.05) is 0 Å². The fraction of sp³-hybridized carbons (Fsp3) is 0.286. The Bertz CT molecular complexity index is 980. The van der Waals surface area contributed by atoms with Crippen LogP contribution in [-0.2, 0) is 9.53 Å². The zero-order valence-electron chi connectivity index (χ0n) is 16.0. The molecule has 0 aliphatic carbocycles. The summed E-state index contributed by atoms with van der Waals surface area (Å²) in [5.74, 6) is 0.438. The SMILES string of the molecule is CCOC(=O)CC(O)C(C)Oc1ccc(Oc2cnc3cc(F)ccc3n2)cc1. The number of hydrogen-bond acceptors (Lipinski definition) is 7. The van der Waals surface area contributed by atoms with Gasteiger partial charge in [0.05, 0.1) is 30.3 Å². The molecule has 0 saturated carbocycles. The summed E-state index contributed by atoms with van der Waals surface area (Å²) in [7, 11) is 0. The van der Waals surface area contributed by atoms with Gasteiger partial charge in [-0.15, -0.1) is 0 Å². The van der Waals surface area contributed by atoms with Crippen LogP contribution in [0, 0.1) is 5.82 Å². The van der Waals surface area contributed by atoms with Gasteiger partial charge in [0.15, 0.2) is 0 Å². The maximum Gasteiger partial charge on any atom is 0.308 e. The van der Waals surface area contributed by atoms with Gasteiger partial charge in [0.25, 0.3) is 0 Å². The molecule has 0 amide bonds. The summed E-state index contributed by atoms with van der Waals surface area (Å²) in [5.41, 5.74) is 0.963. The first-order chi connectivity index (χ1) is 13.9. The molecular weight excluding hydrogens is 379 g/mol. The van der Waals surface area contributed by atoms with Gasteiger partial charge in [0.2, 0.25) is 5.88 Å². The molecule has 0 aliphatic heterocycles. The highest BCUT2D eigenvalue weighted by atomic mass is 19.1. The van der Waals surface area contributed by atoms with Crippen molar-refractivity contribution in [2.45, 2.75) is 32.5 Å². The highest BCUT2D eigenvalue weighted by Gasteiger charge is 2.20. The number of halogens is 1. The summed E-state index contributed by atoms with van der Waals surface area (Å²) in [4.78, 5) is 19.9. The van der Waals surface area contributed by atoms with E-state index in [1.54, 1.807) is 38.1 Å². The lowest BCUT2D eigenvalue weighted by Crippen LogP contribution is -2.31. The molecule has 2 aromatic carbocycles. The van der Waals surface area contributed by atoms with Crippen molar-refractivity contribution in [2.75, 3.05) is 6.61 Å². The van der Waals surface area contributed by atoms with E-state index in [9.17, 15) is 14.3 Å². The maximum absolute atomic E-state index is 13.2. The number of aliphatic hydroxyl groups excluding tert-OH is 1. The van der Waals surface area contributed by atoms with E-state index in [1.165, 1.54) is 24.4 Å². The number of fused-ring (bicyclic) bond motifs is 1. The van der Waals surface area contributed by atoms with Gasteiger partial charge in [-0.2, -0.15) is 0 Å². The van der Waals surface area contributed by atoms with E-state index in [0.29, 0.717) is 22.5 Å². The molecule has 3 rings (SSSR count). The van der Waals surface area contributed by atoms with Gasteiger partial charge in [-0.25, -0.2) is 14.4 Å². The van der Waals surface area contributed by atoms with Crippen molar-refractivity contribution in [3.8, 4) is 17.4 Å². The zero-order valence-corrected chi connectivity index (χ0v) is 16.0. The topological polar surface area (TPSA) is 90.8 Å². The molecule has 8 heteroatoms. The maximum atomic E-state index is 13.2. The van der Waals surface area contributed by atoms with Crippen molar-refractivity contribution in [3.05, 3.63) is 54.5 Å². The Hall–Kier alpha value is -3.26. The highest BCUT2D eigenvalue weighted by Crippen LogP contribution is 2.24. The second-order valence-corrected chi connectivity index (χ2v) is 6.31. The predicted molar refractivity (Wildman–Crippen MR) is 103 cm³/mol. The number of esters is 1. The second-order valence-electron chi connectivity index (χ2n) is 6.31. The molecule has 1 aromatic heterocycles. The smallest absolute Gasteiger partial charge is 0.308 e. The van der Waals surface area contributed by atoms with E-state index in [0.717, 1.165) is 0 Å². The van der Waals surface area contributed by atoms with E-state index in [2.05, 4.69) is 9.97 Å². The van der Waals surface area contributed by atoms with Crippen LogP contribution in [0.3, 0.4) is 0 Å². The summed E-state index contributed by atoms with van der Waals surface area (Å²) in [6.45, 7) is 3.64. The van der Waals surface area contributed by atoms with Crippen LogP contribution in [0.25, 0.3) is 11.0 Å². The predicted octanol–water partition coefficient (Wildman–Crippen LogP) is 3.64. The third-order valence-corrected chi connectivity index (χ3v) is 4.07. The van der Waals surface area contributed by atoms with Crippen LogP contribution in [0.1, 0.15) is 20.3 Å². The summed E-state index contributed by atoms with van der Waals surface area (Å²) in [5, 5.41) is 10.0. The molecular formula is C21H21FN2O5. The molecule has 2 unspecified atom stereocenters.